The molecule has 0 radical (unpaired) electrons. The SMILES string of the molecule is O=C(O)[C@@H](CNC(=O)[C@@H]1CC(=O)N(Cc2ccccn2)C1)Cc1ccccc1. The number of carbonyl (C=O) groups excluding carboxylic acids is 2. The number of likely N-dealkylation sites (tertiary alicyclic amines) is 1. The zero-order valence-electron chi connectivity index (χ0n) is 15.5. The van der Waals surface area contributed by atoms with Crippen molar-refractivity contribution >= 4 is 17.8 Å². The highest BCUT2D eigenvalue weighted by Crippen LogP contribution is 2.20. The lowest BCUT2D eigenvalue weighted by molar-refractivity contribution is -0.141. The standard InChI is InChI=1S/C21H23N3O4/c25-19-11-17(13-24(19)14-18-8-4-5-9-22-18)20(26)23-12-16(21(27)28)10-15-6-2-1-3-7-15/h1-9,16-17H,10-14H2,(H,23,26)(H,27,28)/t16-,17-/m1/s1. The Morgan fingerprint density at radius 1 is 1.18 bits per heavy atom. The number of hydrogen-bond acceptors (Lipinski definition) is 4. The van der Waals surface area contributed by atoms with E-state index in [1.54, 1.807) is 17.2 Å². The molecule has 1 saturated heterocycles. The van der Waals surface area contributed by atoms with Gasteiger partial charge in [0.15, 0.2) is 0 Å². The van der Waals surface area contributed by atoms with Gasteiger partial charge in [-0.1, -0.05) is 36.4 Å². The van der Waals surface area contributed by atoms with Gasteiger partial charge < -0.3 is 15.3 Å². The van der Waals surface area contributed by atoms with E-state index in [2.05, 4.69) is 10.3 Å². The number of nitrogens with zero attached hydrogens (tertiary/aromatic N) is 2. The minimum Gasteiger partial charge on any atom is -0.481 e. The third kappa shape index (κ3) is 5.16. The summed E-state index contributed by atoms with van der Waals surface area (Å²) in [6.45, 7) is 0.723. The average molecular weight is 381 g/mol. The molecule has 146 valence electrons. The Kier molecular flexibility index (Phi) is 6.37. The first-order valence-electron chi connectivity index (χ1n) is 9.25. The highest BCUT2D eigenvalue weighted by molar-refractivity contribution is 5.89. The molecule has 2 N–H and O–H groups in total. The van der Waals surface area contributed by atoms with Crippen molar-refractivity contribution in [2.45, 2.75) is 19.4 Å². The Hall–Kier alpha value is -3.22. The predicted octanol–water partition coefficient (Wildman–Crippen LogP) is 1.49. The molecular formula is C21H23N3O4. The Bertz CT molecular complexity index is 826. The topological polar surface area (TPSA) is 99.6 Å². The molecule has 0 spiro atoms. The molecule has 1 aliphatic heterocycles. The van der Waals surface area contributed by atoms with Gasteiger partial charge in [-0.3, -0.25) is 19.4 Å². The van der Waals surface area contributed by atoms with Crippen LogP contribution >= 0.6 is 0 Å². The zero-order chi connectivity index (χ0) is 19.9. The number of carboxylic acids is 1. The van der Waals surface area contributed by atoms with Gasteiger partial charge in [0.05, 0.1) is 24.1 Å². The van der Waals surface area contributed by atoms with Crippen LogP contribution in [0.25, 0.3) is 0 Å². The Labute approximate surface area is 163 Å². The second-order valence-corrected chi connectivity index (χ2v) is 6.97. The average Bonchev–Trinajstić information content (AvgIpc) is 3.07. The normalized spacial score (nSPS) is 17.4. The van der Waals surface area contributed by atoms with Crippen molar-refractivity contribution < 1.29 is 19.5 Å². The molecule has 2 atom stereocenters. The molecule has 0 bridgehead atoms. The summed E-state index contributed by atoms with van der Waals surface area (Å²) in [5.74, 6) is -2.51. The number of carboxylic acid groups (broad SMARTS) is 1. The van der Waals surface area contributed by atoms with E-state index >= 15 is 0 Å². The van der Waals surface area contributed by atoms with Crippen LogP contribution in [0.5, 0.6) is 0 Å². The van der Waals surface area contributed by atoms with Gasteiger partial charge in [0, 0.05) is 25.7 Å². The lowest BCUT2D eigenvalue weighted by atomic mass is 9.99. The molecule has 2 heterocycles. The molecule has 1 aliphatic rings. The van der Waals surface area contributed by atoms with Crippen molar-refractivity contribution in [2.24, 2.45) is 11.8 Å². The second-order valence-electron chi connectivity index (χ2n) is 6.97. The molecule has 3 rings (SSSR count). The van der Waals surface area contributed by atoms with Crippen molar-refractivity contribution in [3.05, 3.63) is 66.0 Å². The Morgan fingerprint density at radius 2 is 1.93 bits per heavy atom. The zero-order valence-corrected chi connectivity index (χ0v) is 15.5. The lowest BCUT2D eigenvalue weighted by Crippen LogP contribution is -2.38. The highest BCUT2D eigenvalue weighted by atomic mass is 16.4. The van der Waals surface area contributed by atoms with Crippen LogP contribution in [0.3, 0.4) is 0 Å². The Balaban J connectivity index is 1.52. The maximum absolute atomic E-state index is 12.5. The molecule has 28 heavy (non-hydrogen) atoms. The summed E-state index contributed by atoms with van der Waals surface area (Å²) in [4.78, 5) is 42.0. The summed E-state index contributed by atoms with van der Waals surface area (Å²) in [6, 6.07) is 14.8. The van der Waals surface area contributed by atoms with Gasteiger partial charge in [-0.15, -0.1) is 0 Å². The van der Waals surface area contributed by atoms with Crippen molar-refractivity contribution in [3.63, 3.8) is 0 Å². The van der Waals surface area contributed by atoms with E-state index in [0.29, 0.717) is 19.5 Å². The molecule has 2 amide bonds. The van der Waals surface area contributed by atoms with Crippen LogP contribution in [0.2, 0.25) is 0 Å². The number of aliphatic carboxylic acids is 1. The van der Waals surface area contributed by atoms with Crippen LogP contribution in [0, 0.1) is 11.8 Å². The number of rotatable bonds is 8. The van der Waals surface area contributed by atoms with Gasteiger partial charge in [-0.2, -0.15) is 0 Å². The third-order valence-electron chi connectivity index (χ3n) is 4.86. The first-order valence-corrected chi connectivity index (χ1v) is 9.25. The molecule has 1 fully saturated rings. The summed E-state index contributed by atoms with van der Waals surface area (Å²) >= 11 is 0. The second kappa shape index (κ2) is 9.12. The van der Waals surface area contributed by atoms with Crippen LogP contribution in [0.4, 0.5) is 0 Å². The number of hydrogen-bond donors (Lipinski definition) is 2. The minimum absolute atomic E-state index is 0.0357. The van der Waals surface area contributed by atoms with Crippen LogP contribution in [-0.4, -0.2) is 45.9 Å². The molecule has 7 heteroatoms. The fourth-order valence-electron chi connectivity index (χ4n) is 3.30. The van der Waals surface area contributed by atoms with E-state index in [0.717, 1.165) is 11.3 Å². The first-order chi connectivity index (χ1) is 13.5. The van der Waals surface area contributed by atoms with Crippen molar-refractivity contribution in [3.8, 4) is 0 Å². The van der Waals surface area contributed by atoms with E-state index < -0.39 is 17.8 Å². The van der Waals surface area contributed by atoms with Crippen LogP contribution < -0.4 is 5.32 Å². The molecular weight excluding hydrogens is 358 g/mol. The number of pyridine rings is 1. The van der Waals surface area contributed by atoms with Gasteiger partial charge in [0.25, 0.3) is 0 Å². The molecule has 1 aromatic carbocycles. The number of amides is 2. The van der Waals surface area contributed by atoms with Gasteiger partial charge in [0.2, 0.25) is 11.8 Å². The molecule has 0 aliphatic carbocycles. The minimum atomic E-state index is -0.955. The summed E-state index contributed by atoms with van der Waals surface area (Å²) in [5.41, 5.74) is 1.67. The maximum atomic E-state index is 12.5. The maximum Gasteiger partial charge on any atom is 0.308 e. The van der Waals surface area contributed by atoms with Crippen molar-refractivity contribution in [2.75, 3.05) is 13.1 Å². The lowest BCUT2D eigenvalue weighted by Gasteiger charge is -2.17. The van der Waals surface area contributed by atoms with Gasteiger partial charge in [-0.05, 0) is 24.1 Å². The van der Waals surface area contributed by atoms with E-state index in [9.17, 15) is 19.5 Å². The number of nitrogens with one attached hydrogen (secondary N) is 1. The molecule has 2 aromatic rings. The van der Waals surface area contributed by atoms with Crippen LogP contribution in [0.15, 0.2) is 54.7 Å². The van der Waals surface area contributed by atoms with E-state index in [-0.39, 0.29) is 24.8 Å². The summed E-state index contributed by atoms with van der Waals surface area (Å²) in [6.07, 6.45) is 2.14. The van der Waals surface area contributed by atoms with Gasteiger partial charge in [-0.25, -0.2) is 0 Å². The molecule has 0 unspecified atom stereocenters. The molecule has 7 nitrogen and oxygen atoms in total. The smallest absolute Gasteiger partial charge is 0.308 e. The van der Waals surface area contributed by atoms with E-state index in [1.807, 2.05) is 42.5 Å². The van der Waals surface area contributed by atoms with Crippen LogP contribution in [0.1, 0.15) is 17.7 Å². The number of benzene rings is 1. The molecule has 0 saturated carbocycles. The summed E-state index contributed by atoms with van der Waals surface area (Å²) < 4.78 is 0. The largest absolute Gasteiger partial charge is 0.481 e. The van der Waals surface area contributed by atoms with Crippen LogP contribution in [-0.2, 0) is 27.3 Å². The summed E-state index contributed by atoms with van der Waals surface area (Å²) in [5, 5.41) is 12.2. The van der Waals surface area contributed by atoms with Crippen molar-refractivity contribution in [1.29, 1.82) is 0 Å². The fraction of sp³-hybridized carbons (Fsp3) is 0.333. The van der Waals surface area contributed by atoms with E-state index in [1.165, 1.54) is 0 Å². The highest BCUT2D eigenvalue weighted by Gasteiger charge is 2.34. The fourth-order valence-corrected chi connectivity index (χ4v) is 3.30. The van der Waals surface area contributed by atoms with Crippen molar-refractivity contribution in [1.82, 2.24) is 15.2 Å². The van der Waals surface area contributed by atoms with Gasteiger partial charge in [0.1, 0.15) is 0 Å². The van der Waals surface area contributed by atoms with Gasteiger partial charge >= 0.3 is 5.97 Å². The number of aromatic nitrogens is 1. The number of carbonyl (C=O) groups is 3. The third-order valence-corrected chi connectivity index (χ3v) is 4.86. The summed E-state index contributed by atoms with van der Waals surface area (Å²) in [7, 11) is 0. The first kappa shape index (κ1) is 19.5. The van der Waals surface area contributed by atoms with E-state index in [4.69, 9.17) is 0 Å². The monoisotopic (exact) mass is 381 g/mol. The predicted molar refractivity (Wildman–Crippen MR) is 102 cm³/mol. The molecule has 1 aromatic heterocycles. The Morgan fingerprint density at radius 3 is 2.61 bits per heavy atom. The quantitative estimate of drug-likeness (QED) is 0.722.